The van der Waals surface area contributed by atoms with Crippen LogP contribution in [-0.2, 0) is 0 Å². The second-order valence-electron chi connectivity index (χ2n) is 4.01. The summed E-state index contributed by atoms with van der Waals surface area (Å²) in [6.07, 6.45) is 3.89. The molecule has 0 spiro atoms. The Morgan fingerprint density at radius 3 is 2.71 bits per heavy atom. The molecule has 71 valence electrons. The lowest BCUT2D eigenvalue weighted by molar-refractivity contribution is 0.398. The van der Waals surface area contributed by atoms with Crippen LogP contribution in [0, 0.1) is 7.05 Å². The van der Waals surface area contributed by atoms with Gasteiger partial charge in [-0.25, -0.2) is 4.98 Å². The lowest BCUT2D eigenvalue weighted by atomic mass is 9.85. The van der Waals surface area contributed by atoms with Gasteiger partial charge in [0.15, 0.2) is 0 Å². The number of rotatable bonds is 1. The number of fused-ring (bicyclic) bond motifs is 1. The van der Waals surface area contributed by atoms with Crippen LogP contribution in [0.5, 0.6) is 0 Å². The first-order chi connectivity index (χ1) is 6.86. The topological polar surface area (TPSA) is 17.8 Å². The summed E-state index contributed by atoms with van der Waals surface area (Å²) in [4.78, 5) is 4.63. The number of aromatic nitrogens is 2. The molecular formula is C12H13N2. The summed E-state index contributed by atoms with van der Waals surface area (Å²) >= 11 is 0. The molecule has 0 bridgehead atoms. The summed E-state index contributed by atoms with van der Waals surface area (Å²) in [5.74, 6) is 1.82. The average molecular weight is 185 g/mol. The maximum Gasteiger partial charge on any atom is 0.113 e. The van der Waals surface area contributed by atoms with Crippen molar-refractivity contribution in [1.82, 2.24) is 9.55 Å². The Balaban J connectivity index is 2.19. The molecule has 1 aliphatic carbocycles. The molecule has 0 unspecified atom stereocenters. The van der Waals surface area contributed by atoms with Crippen molar-refractivity contribution in [2.75, 3.05) is 0 Å². The van der Waals surface area contributed by atoms with E-state index in [0.29, 0.717) is 5.92 Å². The van der Waals surface area contributed by atoms with Gasteiger partial charge in [0.2, 0.25) is 0 Å². The molecule has 0 aliphatic heterocycles. The molecule has 3 rings (SSSR count). The van der Waals surface area contributed by atoms with Crippen molar-refractivity contribution < 1.29 is 0 Å². The lowest BCUT2D eigenvalue weighted by Crippen LogP contribution is -2.13. The highest BCUT2D eigenvalue weighted by Gasteiger charge is 2.24. The molecule has 1 aromatic carbocycles. The van der Waals surface area contributed by atoms with E-state index < -0.39 is 0 Å². The van der Waals surface area contributed by atoms with E-state index in [9.17, 15) is 0 Å². The molecule has 1 saturated carbocycles. The predicted octanol–water partition coefficient (Wildman–Crippen LogP) is 2.94. The van der Waals surface area contributed by atoms with E-state index in [1.807, 2.05) is 16.7 Å². The molecule has 2 nitrogen and oxygen atoms in total. The first-order valence-corrected chi connectivity index (χ1v) is 5.14. The summed E-state index contributed by atoms with van der Waals surface area (Å²) < 4.78 is 2.00. The summed E-state index contributed by atoms with van der Waals surface area (Å²) in [6, 6.07) is 8.20. The monoisotopic (exact) mass is 185 g/mol. The quantitative estimate of drug-likeness (QED) is 0.668. The number of hydrogen-bond donors (Lipinski definition) is 0. The molecule has 2 heteroatoms. The van der Waals surface area contributed by atoms with Gasteiger partial charge in [0.05, 0.1) is 11.0 Å². The second kappa shape index (κ2) is 2.84. The average Bonchev–Trinajstić information content (AvgIpc) is 2.43. The number of nitrogens with zero attached hydrogens (tertiary/aromatic N) is 2. The van der Waals surface area contributed by atoms with Crippen LogP contribution in [0.25, 0.3) is 11.0 Å². The minimum absolute atomic E-state index is 0.653. The van der Waals surface area contributed by atoms with Gasteiger partial charge in [-0.05, 0) is 25.0 Å². The zero-order valence-corrected chi connectivity index (χ0v) is 8.11. The third-order valence-corrected chi connectivity index (χ3v) is 3.15. The summed E-state index contributed by atoms with van der Waals surface area (Å²) in [5, 5.41) is 0. The molecule has 1 heterocycles. The molecule has 2 aromatic rings. The highest BCUT2D eigenvalue weighted by atomic mass is 15.1. The fourth-order valence-electron chi connectivity index (χ4n) is 2.07. The van der Waals surface area contributed by atoms with Crippen molar-refractivity contribution in [3.63, 3.8) is 0 Å². The molecule has 0 saturated heterocycles. The van der Waals surface area contributed by atoms with Gasteiger partial charge >= 0.3 is 0 Å². The van der Waals surface area contributed by atoms with E-state index in [0.717, 1.165) is 16.9 Å². The molecule has 1 aliphatic rings. The summed E-state index contributed by atoms with van der Waals surface area (Å²) in [6.45, 7) is 0. The van der Waals surface area contributed by atoms with E-state index >= 15 is 0 Å². The maximum absolute atomic E-state index is 4.63. The van der Waals surface area contributed by atoms with Gasteiger partial charge < -0.3 is 4.57 Å². The van der Waals surface area contributed by atoms with Crippen LogP contribution in [0.1, 0.15) is 31.0 Å². The highest BCUT2D eigenvalue weighted by molar-refractivity contribution is 5.76. The fourth-order valence-corrected chi connectivity index (χ4v) is 2.07. The number of hydrogen-bond acceptors (Lipinski definition) is 1. The lowest BCUT2D eigenvalue weighted by Gasteiger charge is -2.24. The van der Waals surface area contributed by atoms with Gasteiger partial charge in [-0.1, -0.05) is 18.6 Å². The van der Waals surface area contributed by atoms with E-state index in [1.54, 1.807) is 0 Å². The van der Waals surface area contributed by atoms with Gasteiger partial charge in [-0.3, -0.25) is 0 Å². The van der Waals surface area contributed by atoms with Crippen molar-refractivity contribution in [2.45, 2.75) is 25.2 Å². The van der Waals surface area contributed by atoms with Crippen molar-refractivity contribution >= 4 is 11.0 Å². The molecule has 0 amide bonds. The van der Waals surface area contributed by atoms with Crippen molar-refractivity contribution in [3.8, 4) is 0 Å². The van der Waals surface area contributed by atoms with Crippen LogP contribution in [0.2, 0.25) is 0 Å². The third-order valence-electron chi connectivity index (χ3n) is 3.15. The fraction of sp³-hybridized carbons (Fsp3) is 0.333. The Bertz CT molecular complexity index is 466. The van der Waals surface area contributed by atoms with Crippen molar-refractivity contribution in [2.24, 2.45) is 0 Å². The number of benzene rings is 1. The van der Waals surface area contributed by atoms with Gasteiger partial charge in [0, 0.05) is 13.0 Å². The Hall–Kier alpha value is -1.31. The first kappa shape index (κ1) is 8.04. The standard InChI is InChI=1S/C12H13N2/c1-14-11-8-3-2-7-10(11)13-12(14)9-5-4-6-9/h2-3,7-9H,1,4-6H2. The third kappa shape index (κ3) is 0.999. The van der Waals surface area contributed by atoms with E-state index in [1.165, 1.54) is 19.3 Å². The SMILES string of the molecule is [CH2]n1c(C2CCC2)nc2ccccc21. The molecule has 0 atom stereocenters. The molecular weight excluding hydrogens is 172 g/mol. The Kier molecular flexibility index (Phi) is 1.63. The van der Waals surface area contributed by atoms with Gasteiger partial charge in [-0.15, -0.1) is 0 Å². The van der Waals surface area contributed by atoms with Gasteiger partial charge in [0.1, 0.15) is 5.82 Å². The normalized spacial score (nSPS) is 17.2. The zero-order chi connectivity index (χ0) is 9.54. The number of imidazole rings is 1. The van der Waals surface area contributed by atoms with E-state index in [2.05, 4.69) is 24.2 Å². The molecule has 1 radical (unpaired) electrons. The van der Waals surface area contributed by atoms with E-state index in [4.69, 9.17) is 0 Å². The molecule has 1 fully saturated rings. The van der Waals surface area contributed by atoms with Crippen LogP contribution in [0.3, 0.4) is 0 Å². The summed E-state index contributed by atoms with van der Waals surface area (Å²) in [5.41, 5.74) is 2.22. The van der Waals surface area contributed by atoms with Gasteiger partial charge in [0.25, 0.3) is 0 Å². The maximum atomic E-state index is 4.63. The Labute approximate surface area is 83.6 Å². The Morgan fingerprint density at radius 2 is 2.07 bits per heavy atom. The zero-order valence-electron chi connectivity index (χ0n) is 8.11. The molecule has 1 aromatic heterocycles. The second-order valence-corrected chi connectivity index (χ2v) is 4.01. The Morgan fingerprint density at radius 1 is 1.29 bits per heavy atom. The predicted molar refractivity (Wildman–Crippen MR) is 57.1 cm³/mol. The summed E-state index contributed by atoms with van der Waals surface area (Å²) in [7, 11) is 4.07. The van der Waals surface area contributed by atoms with Gasteiger partial charge in [-0.2, -0.15) is 0 Å². The van der Waals surface area contributed by atoms with Crippen LogP contribution >= 0.6 is 0 Å². The smallest absolute Gasteiger partial charge is 0.113 e. The molecule has 0 N–H and O–H groups in total. The largest absolute Gasteiger partial charge is 0.326 e. The van der Waals surface area contributed by atoms with E-state index in [-0.39, 0.29) is 0 Å². The van der Waals surface area contributed by atoms with Crippen LogP contribution in [0.15, 0.2) is 24.3 Å². The van der Waals surface area contributed by atoms with Crippen LogP contribution in [-0.4, -0.2) is 9.55 Å². The number of para-hydroxylation sites is 2. The molecule has 14 heavy (non-hydrogen) atoms. The van der Waals surface area contributed by atoms with Crippen LogP contribution < -0.4 is 0 Å². The highest BCUT2D eigenvalue weighted by Crippen LogP contribution is 2.36. The minimum atomic E-state index is 0.653. The van der Waals surface area contributed by atoms with Crippen LogP contribution in [0.4, 0.5) is 0 Å². The first-order valence-electron chi connectivity index (χ1n) is 5.14. The van der Waals surface area contributed by atoms with Crippen molar-refractivity contribution in [3.05, 3.63) is 37.1 Å². The van der Waals surface area contributed by atoms with Crippen molar-refractivity contribution in [1.29, 1.82) is 0 Å². The minimum Gasteiger partial charge on any atom is -0.326 e.